The monoisotopic (exact) mass is 355 g/mol. The average Bonchev–Trinajstić information content (AvgIpc) is 3.46. The lowest BCUT2D eigenvalue weighted by Gasteiger charge is -2.19. The van der Waals surface area contributed by atoms with E-state index in [0.29, 0.717) is 0 Å². The molecule has 138 valence electrons. The van der Waals surface area contributed by atoms with Crippen molar-refractivity contribution in [3.63, 3.8) is 0 Å². The van der Waals surface area contributed by atoms with Crippen molar-refractivity contribution in [3.05, 3.63) is 65.5 Å². The van der Waals surface area contributed by atoms with Gasteiger partial charge in [0.2, 0.25) is 0 Å². The van der Waals surface area contributed by atoms with E-state index in [-0.39, 0.29) is 11.2 Å². The largest absolute Gasteiger partial charge is 0.496 e. The summed E-state index contributed by atoms with van der Waals surface area (Å²) in [7, 11) is 3.47. The number of rotatable bonds is 7. The van der Waals surface area contributed by atoms with Crippen LogP contribution in [0.3, 0.4) is 0 Å². The lowest BCUT2D eigenvalue weighted by molar-refractivity contribution is 0.409. The summed E-state index contributed by atoms with van der Waals surface area (Å²) in [6.45, 7) is 1.57. The Morgan fingerprint density at radius 3 is 2.50 bits per heavy atom. The SMILES string of the molecule is CN=C(NCCc1ccccc1OC)NCC1(c2ccc(F)cc2)CC1. The van der Waals surface area contributed by atoms with E-state index in [1.807, 2.05) is 30.3 Å². The smallest absolute Gasteiger partial charge is 0.191 e. The maximum Gasteiger partial charge on any atom is 0.191 e. The Morgan fingerprint density at radius 1 is 1.12 bits per heavy atom. The fraction of sp³-hybridized carbons (Fsp3) is 0.381. The number of aliphatic imine (C=N–C) groups is 1. The minimum atomic E-state index is -0.189. The first-order chi connectivity index (χ1) is 12.7. The number of nitrogens with one attached hydrogen (secondary N) is 2. The van der Waals surface area contributed by atoms with Crippen molar-refractivity contribution >= 4 is 5.96 Å². The summed E-state index contributed by atoms with van der Waals surface area (Å²) in [5, 5.41) is 6.77. The zero-order valence-corrected chi connectivity index (χ0v) is 15.4. The van der Waals surface area contributed by atoms with Gasteiger partial charge in [-0.1, -0.05) is 30.3 Å². The van der Waals surface area contributed by atoms with E-state index in [1.165, 1.54) is 23.3 Å². The Hall–Kier alpha value is -2.56. The van der Waals surface area contributed by atoms with Gasteiger partial charge in [0.15, 0.2) is 5.96 Å². The summed E-state index contributed by atoms with van der Waals surface area (Å²) < 4.78 is 18.5. The average molecular weight is 355 g/mol. The molecule has 0 amide bonds. The molecular formula is C21H26FN3O. The van der Waals surface area contributed by atoms with Crippen LogP contribution < -0.4 is 15.4 Å². The number of guanidine groups is 1. The van der Waals surface area contributed by atoms with Gasteiger partial charge < -0.3 is 15.4 Å². The molecule has 1 aliphatic rings. The van der Waals surface area contributed by atoms with E-state index < -0.39 is 0 Å². The Labute approximate surface area is 154 Å². The molecule has 2 aromatic rings. The summed E-state index contributed by atoms with van der Waals surface area (Å²) in [5.74, 6) is 1.50. The van der Waals surface area contributed by atoms with Crippen LogP contribution in [0, 0.1) is 5.82 Å². The maximum absolute atomic E-state index is 13.1. The summed E-state index contributed by atoms with van der Waals surface area (Å²) in [6, 6.07) is 14.9. The first-order valence-electron chi connectivity index (χ1n) is 8.99. The van der Waals surface area contributed by atoms with E-state index >= 15 is 0 Å². The molecule has 0 unspecified atom stereocenters. The number of nitrogens with zero attached hydrogens (tertiary/aromatic N) is 1. The van der Waals surface area contributed by atoms with Gasteiger partial charge in [0.25, 0.3) is 0 Å². The number of methoxy groups -OCH3 is 1. The topological polar surface area (TPSA) is 45.7 Å². The van der Waals surface area contributed by atoms with E-state index in [0.717, 1.165) is 44.1 Å². The molecule has 3 rings (SSSR count). The molecule has 1 saturated carbocycles. The van der Waals surface area contributed by atoms with Crippen molar-refractivity contribution < 1.29 is 9.13 Å². The fourth-order valence-corrected chi connectivity index (χ4v) is 3.22. The van der Waals surface area contributed by atoms with Crippen LogP contribution in [0.2, 0.25) is 0 Å². The number of ether oxygens (including phenoxy) is 1. The normalized spacial score (nSPS) is 15.4. The summed E-state index contributed by atoms with van der Waals surface area (Å²) >= 11 is 0. The quantitative estimate of drug-likeness (QED) is 0.592. The summed E-state index contributed by atoms with van der Waals surface area (Å²) in [6.07, 6.45) is 3.08. The zero-order valence-electron chi connectivity index (χ0n) is 15.4. The van der Waals surface area contributed by atoms with Gasteiger partial charge in [-0.2, -0.15) is 0 Å². The number of para-hydroxylation sites is 1. The van der Waals surface area contributed by atoms with E-state index in [1.54, 1.807) is 14.2 Å². The Morgan fingerprint density at radius 2 is 1.85 bits per heavy atom. The maximum atomic E-state index is 13.1. The van der Waals surface area contributed by atoms with E-state index in [2.05, 4.69) is 21.7 Å². The second-order valence-corrected chi connectivity index (χ2v) is 6.70. The number of hydrogen-bond donors (Lipinski definition) is 2. The predicted molar refractivity (Wildman–Crippen MR) is 103 cm³/mol. The molecular weight excluding hydrogens is 329 g/mol. The van der Waals surface area contributed by atoms with Gasteiger partial charge in [-0.05, 0) is 48.6 Å². The highest BCUT2D eigenvalue weighted by Crippen LogP contribution is 2.47. The van der Waals surface area contributed by atoms with Gasteiger partial charge in [-0.15, -0.1) is 0 Å². The van der Waals surface area contributed by atoms with Crippen molar-refractivity contribution in [1.82, 2.24) is 10.6 Å². The van der Waals surface area contributed by atoms with Crippen LogP contribution in [0.25, 0.3) is 0 Å². The molecule has 4 nitrogen and oxygen atoms in total. The molecule has 0 radical (unpaired) electrons. The van der Waals surface area contributed by atoms with Gasteiger partial charge in [0.05, 0.1) is 7.11 Å². The minimum Gasteiger partial charge on any atom is -0.496 e. The van der Waals surface area contributed by atoms with Gasteiger partial charge in [-0.3, -0.25) is 4.99 Å². The Bertz CT molecular complexity index is 754. The van der Waals surface area contributed by atoms with Crippen LogP contribution in [0.5, 0.6) is 5.75 Å². The highest BCUT2D eigenvalue weighted by molar-refractivity contribution is 5.79. The predicted octanol–water partition coefficient (Wildman–Crippen LogP) is 3.27. The molecule has 0 bridgehead atoms. The van der Waals surface area contributed by atoms with Gasteiger partial charge >= 0.3 is 0 Å². The van der Waals surface area contributed by atoms with Crippen molar-refractivity contribution in [2.24, 2.45) is 4.99 Å². The van der Waals surface area contributed by atoms with Crippen molar-refractivity contribution in [2.75, 3.05) is 27.2 Å². The van der Waals surface area contributed by atoms with Gasteiger partial charge in [0, 0.05) is 25.6 Å². The summed E-state index contributed by atoms with van der Waals surface area (Å²) in [5.41, 5.74) is 2.47. The summed E-state index contributed by atoms with van der Waals surface area (Å²) in [4.78, 5) is 4.30. The molecule has 26 heavy (non-hydrogen) atoms. The molecule has 0 spiro atoms. The highest BCUT2D eigenvalue weighted by atomic mass is 19.1. The van der Waals surface area contributed by atoms with Crippen molar-refractivity contribution in [2.45, 2.75) is 24.7 Å². The second-order valence-electron chi connectivity index (χ2n) is 6.70. The Balaban J connectivity index is 1.50. The minimum absolute atomic E-state index is 0.105. The fourth-order valence-electron chi connectivity index (χ4n) is 3.22. The van der Waals surface area contributed by atoms with Crippen LogP contribution >= 0.6 is 0 Å². The lowest BCUT2D eigenvalue weighted by atomic mass is 9.96. The first kappa shape index (κ1) is 18.2. The highest BCUT2D eigenvalue weighted by Gasteiger charge is 2.44. The molecule has 1 aliphatic carbocycles. The molecule has 2 N–H and O–H groups in total. The van der Waals surface area contributed by atoms with Gasteiger partial charge in [-0.25, -0.2) is 4.39 Å². The van der Waals surface area contributed by atoms with Gasteiger partial charge in [0.1, 0.15) is 11.6 Å². The molecule has 0 aromatic heterocycles. The van der Waals surface area contributed by atoms with Crippen LogP contribution in [-0.2, 0) is 11.8 Å². The van der Waals surface area contributed by atoms with Crippen LogP contribution in [-0.4, -0.2) is 33.2 Å². The molecule has 5 heteroatoms. The molecule has 2 aromatic carbocycles. The van der Waals surface area contributed by atoms with E-state index in [9.17, 15) is 4.39 Å². The molecule has 1 fully saturated rings. The standard InChI is InChI=1S/C21H26FN3O/c1-23-20(24-14-11-16-5-3-4-6-19(16)26-2)25-15-21(12-13-21)17-7-9-18(22)10-8-17/h3-10H,11-15H2,1-2H3,(H2,23,24,25). The van der Waals surface area contributed by atoms with Crippen LogP contribution in [0.1, 0.15) is 24.0 Å². The lowest BCUT2D eigenvalue weighted by Crippen LogP contribution is -2.42. The van der Waals surface area contributed by atoms with Crippen LogP contribution in [0.15, 0.2) is 53.5 Å². The molecule has 0 aliphatic heterocycles. The van der Waals surface area contributed by atoms with Crippen molar-refractivity contribution in [3.8, 4) is 5.75 Å². The Kier molecular flexibility index (Phi) is 5.76. The molecule has 0 saturated heterocycles. The number of hydrogen-bond acceptors (Lipinski definition) is 2. The number of benzene rings is 2. The van der Waals surface area contributed by atoms with Crippen LogP contribution in [0.4, 0.5) is 4.39 Å². The zero-order chi connectivity index (χ0) is 18.4. The third kappa shape index (κ3) is 4.34. The number of halogens is 1. The molecule has 0 atom stereocenters. The third-order valence-electron chi connectivity index (χ3n) is 5.01. The van der Waals surface area contributed by atoms with E-state index in [4.69, 9.17) is 4.74 Å². The third-order valence-corrected chi connectivity index (χ3v) is 5.01. The van der Waals surface area contributed by atoms with Crippen molar-refractivity contribution in [1.29, 1.82) is 0 Å². The second kappa shape index (κ2) is 8.21. The first-order valence-corrected chi connectivity index (χ1v) is 8.99. The molecule has 0 heterocycles.